The number of hydrogen-bond donors (Lipinski definition) is 2. The molecule has 4 aromatic heterocycles. The van der Waals surface area contributed by atoms with E-state index in [4.69, 9.17) is 37.9 Å². The molecule has 0 radical (unpaired) electrons. The molecule has 2 aliphatic heterocycles. The lowest BCUT2D eigenvalue weighted by molar-refractivity contribution is 0.173. The minimum Gasteiger partial charge on any atom is -0.493 e. The van der Waals surface area contributed by atoms with Gasteiger partial charge in [0, 0.05) is 83.0 Å². The van der Waals surface area contributed by atoms with Gasteiger partial charge in [0.05, 0.1) is 61.3 Å². The van der Waals surface area contributed by atoms with Crippen molar-refractivity contribution in [2.45, 2.75) is 13.1 Å². The van der Waals surface area contributed by atoms with Crippen molar-refractivity contribution in [2.75, 3.05) is 69.2 Å². The first kappa shape index (κ1) is 38.5. The summed E-state index contributed by atoms with van der Waals surface area (Å²) in [5, 5.41) is 12.3. The van der Waals surface area contributed by atoms with Crippen molar-refractivity contribution in [2.24, 2.45) is 0 Å². The highest BCUT2D eigenvalue weighted by molar-refractivity contribution is 6.16. The molecule has 8 aromatic rings. The molecule has 0 aliphatic carbocycles. The number of hydrogen-bond acceptors (Lipinski definition) is 14. The maximum absolute atomic E-state index is 13.6. The Morgan fingerprint density at radius 3 is 1.20 bits per heavy atom. The molecule has 2 N–H and O–H groups in total. The molecule has 4 aromatic carbocycles. The van der Waals surface area contributed by atoms with E-state index in [0.717, 1.165) is 54.4 Å². The van der Waals surface area contributed by atoms with Crippen LogP contribution >= 0.6 is 0 Å². The third kappa shape index (κ3) is 6.22. The predicted molar refractivity (Wildman–Crippen MR) is 228 cm³/mol. The van der Waals surface area contributed by atoms with Gasteiger partial charge in [-0.1, -0.05) is 0 Å². The lowest BCUT2D eigenvalue weighted by atomic mass is 10.0. The second kappa shape index (κ2) is 15.6. The largest absolute Gasteiger partial charge is 0.493 e. The predicted octanol–water partition coefficient (Wildman–Crippen LogP) is 5.34. The normalized spacial score (nSPS) is 12.8. The fourth-order valence-corrected chi connectivity index (χ4v) is 8.04. The first-order chi connectivity index (χ1) is 29.3. The molecule has 16 nitrogen and oxygen atoms in total. The second-order valence-corrected chi connectivity index (χ2v) is 14.1. The summed E-state index contributed by atoms with van der Waals surface area (Å²) in [4.78, 5) is 36.4. The molecule has 0 atom stereocenters. The summed E-state index contributed by atoms with van der Waals surface area (Å²) in [5.41, 5.74) is 2.89. The van der Waals surface area contributed by atoms with E-state index >= 15 is 0 Å². The molecule has 0 unspecified atom stereocenters. The first-order valence-corrected chi connectivity index (χ1v) is 19.2. The van der Waals surface area contributed by atoms with E-state index in [0.29, 0.717) is 82.9 Å². The van der Waals surface area contributed by atoms with E-state index in [9.17, 15) is 9.59 Å². The second-order valence-electron chi connectivity index (χ2n) is 14.1. The lowest BCUT2D eigenvalue weighted by Crippen LogP contribution is -2.26. The Kier molecular flexibility index (Phi) is 10.0. The number of fused-ring (bicyclic) bond motifs is 12. The summed E-state index contributed by atoms with van der Waals surface area (Å²) in [7, 11) is 9.99. The molecule has 2 aliphatic rings. The van der Waals surface area contributed by atoms with Gasteiger partial charge in [0.2, 0.25) is 13.6 Å². The molecule has 0 saturated carbocycles. The molecule has 0 bridgehead atoms. The van der Waals surface area contributed by atoms with Crippen LogP contribution in [0, 0.1) is 0 Å². The van der Waals surface area contributed by atoms with Crippen LogP contribution in [0.2, 0.25) is 0 Å². The van der Waals surface area contributed by atoms with Crippen molar-refractivity contribution in [3.63, 3.8) is 0 Å². The molecule has 0 spiro atoms. The van der Waals surface area contributed by atoms with Crippen molar-refractivity contribution in [3.8, 4) is 46.0 Å². The quantitative estimate of drug-likeness (QED) is 0.170. The Morgan fingerprint density at radius 1 is 0.500 bits per heavy atom. The van der Waals surface area contributed by atoms with Crippen molar-refractivity contribution in [3.05, 3.63) is 81.6 Å². The average molecular weight is 815 g/mol. The number of aromatic nitrogens is 4. The van der Waals surface area contributed by atoms with Gasteiger partial charge in [-0.2, -0.15) is 0 Å². The molecular formula is C44H42N6O10. The van der Waals surface area contributed by atoms with E-state index in [2.05, 4.69) is 20.6 Å². The number of rotatable bonds is 10. The number of benzene rings is 4. The molecule has 60 heavy (non-hydrogen) atoms. The van der Waals surface area contributed by atoms with Crippen LogP contribution in [-0.2, 0) is 13.1 Å². The molecule has 0 amide bonds. The summed E-state index contributed by atoms with van der Waals surface area (Å²) >= 11 is 0. The van der Waals surface area contributed by atoms with Crippen LogP contribution in [0.3, 0.4) is 0 Å². The van der Waals surface area contributed by atoms with Crippen molar-refractivity contribution in [1.82, 2.24) is 29.7 Å². The van der Waals surface area contributed by atoms with Gasteiger partial charge in [-0.05, 0) is 50.5 Å². The van der Waals surface area contributed by atoms with Gasteiger partial charge in [0.15, 0.2) is 46.0 Å². The fraction of sp³-hybridized carbons (Fsp3) is 0.273. The smallest absolute Gasteiger partial charge is 0.259 e. The van der Waals surface area contributed by atoms with Gasteiger partial charge in [-0.15, -0.1) is 0 Å². The highest BCUT2D eigenvalue weighted by Crippen LogP contribution is 2.42. The van der Waals surface area contributed by atoms with Crippen LogP contribution in [0.15, 0.2) is 70.5 Å². The number of methoxy groups -OCH3 is 4. The molecule has 10 rings (SSSR count). The van der Waals surface area contributed by atoms with Crippen LogP contribution in [-0.4, -0.2) is 88.3 Å². The average Bonchev–Trinajstić information content (AvgIpc) is 3.95. The summed E-state index contributed by atoms with van der Waals surface area (Å²) in [5.74, 6) is 4.76. The Balaban J connectivity index is 0.000000154. The number of ether oxygens (including phenoxy) is 8. The highest BCUT2D eigenvalue weighted by atomic mass is 16.7. The number of nitrogens with one attached hydrogen (secondary N) is 2. The van der Waals surface area contributed by atoms with Crippen LogP contribution in [0.5, 0.6) is 46.0 Å². The maximum atomic E-state index is 13.6. The van der Waals surface area contributed by atoms with Crippen LogP contribution in [0.1, 0.15) is 0 Å². The zero-order chi connectivity index (χ0) is 41.7. The van der Waals surface area contributed by atoms with E-state index in [1.54, 1.807) is 62.1 Å². The molecule has 308 valence electrons. The molecule has 16 heteroatoms. The van der Waals surface area contributed by atoms with Crippen molar-refractivity contribution >= 4 is 65.2 Å². The van der Waals surface area contributed by atoms with E-state index in [-0.39, 0.29) is 24.7 Å². The topological polar surface area (TPSA) is 168 Å². The van der Waals surface area contributed by atoms with E-state index < -0.39 is 0 Å². The highest BCUT2D eigenvalue weighted by Gasteiger charge is 2.23. The summed E-state index contributed by atoms with van der Waals surface area (Å²) < 4.78 is 47.5. The van der Waals surface area contributed by atoms with Gasteiger partial charge >= 0.3 is 0 Å². The summed E-state index contributed by atoms with van der Waals surface area (Å²) in [6.07, 6.45) is 3.59. The van der Waals surface area contributed by atoms with Gasteiger partial charge in [0.1, 0.15) is 0 Å². The van der Waals surface area contributed by atoms with Crippen LogP contribution < -0.4 is 59.6 Å². The number of nitrogens with zero attached hydrogens (tertiary/aromatic N) is 4. The van der Waals surface area contributed by atoms with Gasteiger partial charge < -0.3 is 57.7 Å². The molecule has 0 saturated heterocycles. The number of likely N-dealkylation sites (N-methyl/N-ethyl adjacent to an activating group) is 2. The maximum Gasteiger partial charge on any atom is 0.259 e. The minimum absolute atomic E-state index is 0.0983. The van der Waals surface area contributed by atoms with Gasteiger partial charge in [0.25, 0.3) is 11.1 Å². The van der Waals surface area contributed by atoms with Crippen LogP contribution in [0.4, 0.5) is 0 Å². The summed E-state index contributed by atoms with van der Waals surface area (Å²) in [6.45, 7) is 2.64. The summed E-state index contributed by atoms with van der Waals surface area (Å²) in [6, 6.07) is 14.6. The van der Waals surface area contributed by atoms with Crippen molar-refractivity contribution in [1.29, 1.82) is 0 Å². The monoisotopic (exact) mass is 814 g/mol. The molecule has 0 fully saturated rings. The number of pyridine rings is 4. The minimum atomic E-state index is -0.0983. The third-order valence-electron chi connectivity index (χ3n) is 11.0. The molecule has 6 heterocycles. The SMILES string of the molecule is CNCCn1c(=O)c2cc(OC)c(OC)cc2c2cnc3cc4c(cc3c21)OCO4.CNCCn1c(=O)c2cc(OC)c(OC)cc2c2cnc3cc4c(cc3c21)OCO4. The van der Waals surface area contributed by atoms with Gasteiger partial charge in [-0.25, -0.2) is 0 Å². The first-order valence-electron chi connectivity index (χ1n) is 19.2. The zero-order valence-corrected chi connectivity index (χ0v) is 33.9. The Morgan fingerprint density at radius 2 is 0.850 bits per heavy atom. The van der Waals surface area contributed by atoms with Gasteiger partial charge in [-0.3, -0.25) is 19.6 Å². The third-order valence-corrected chi connectivity index (χ3v) is 11.0. The van der Waals surface area contributed by atoms with E-state index in [1.165, 1.54) is 0 Å². The standard InChI is InChI=1S/2C22H21N3O5/c2*1-23-4-5-25-21-14-8-19-20(30-11-29-19)9-16(14)24-10-15(21)12-6-17(27-2)18(28-3)7-13(12)22(25)26/h2*6-10,23H,4-5,11H2,1-3H3. The van der Waals surface area contributed by atoms with Crippen LogP contribution in [0.25, 0.3) is 65.2 Å². The van der Waals surface area contributed by atoms with E-state index in [1.807, 2.05) is 50.5 Å². The fourth-order valence-electron chi connectivity index (χ4n) is 8.04. The Hall–Kier alpha value is -7.04. The van der Waals surface area contributed by atoms with Crippen molar-refractivity contribution < 1.29 is 37.9 Å². The molecular weight excluding hydrogens is 773 g/mol. The Labute approximate surface area is 342 Å². The lowest BCUT2D eigenvalue weighted by Gasteiger charge is -2.17. The Bertz CT molecular complexity index is 2940. The zero-order valence-electron chi connectivity index (χ0n) is 33.9.